The molecular weight excluding hydrogens is 402 g/mol. The molecule has 0 atom stereocenters. The van der Waals surface area contributed by atoms with Crippen LogP contribution in [0.25, 0.3) is 0 Å². The molecule has 0 aliphatic carbocycles. The van der Waals surface area contributed by atoms with E-state index in [4.69, 9.17) is 31.2 Å². The largest absolute Gasteiger partial charge is 0.494 e. The number of nitro groups is 1. The number of anilines is 1. The summed E-state index contributed by atoms with van der Waals surface area (Å²) in [6, 6.07) is 6.91. The lowest BCUT2D eigenvalue weighted by Gasteiger charge is -2.15. The molecule has 2 rings (SSSR count). The maximum Gasteiger partial charge on any atom is 0.273 e. The lowest BCUT2D eigenvalue weighted by molar-refractivity contribution is -0.384. The van der Waals surface area contributed by atoms with Crippen LogP contribution in [0.3, 0.4) is 0 Å². The quantitative estimate of drug-likeness (QED) is 0.395. The van der Waals surface area contributed by atoms with Crippen LogP contribution in [0.5, 0.6) is 23.0 Å². The Morgan fingerprint density at radius 1 is 0.966 bits per heavy atom. The van der Waals surface area contributed by atoms with Crippen LogP contribution in [0.4, 0.5) is 11.4 Å². The number of thiocarbonyl (C=S) groups is 1. The first kappa shape index (κ1) is 21.7. The zero-order valence-electron chi connectivity index (χ0n) is 16.1. The van der Waals surface area contributed by atoms with Gasteiger partial charge in [0.1, 0.15) is 5.75 Å². The van der Waals surface area contributed by atoms with Gasteiger partial charge >= 0.3 is 0 Å². The van der Waals surface area contributed by atoms with E-state index in [1.807, 2.05) is 0 Å². The predicted octanol–water partition coefficient (Wildman–Crippen LogP) is 2.76. The molecule has 1 amide bonds. The summed E-state index contributed by atoms with van der Waals surface area (Å²) < 4.78 is 20.8. The number of ether oxygens (including phenoxy) is 4. The molecule has 2 aromatic carbocycles. The van der Waals surface area contributed by atoms with E-state index in [1.165, 1.54) is 58.8 Å². The van der Waals surface area contributed by atoms with Gasteiger partial charge in [-0.15, -0.1) is 0 Å². The Bertz CT molecular complexity index is 924. The van der Waals surface area contributed by atoms with Crippen LogP contribution >= 0.6 is 12.2 Å². The SMILES string of the molecule is COc1cc([N+](=O)[O-])ccc1NC(=S)NC(=O)c1cc(OC)c(OC)c(OC)c1. The molecule has 10 nitrogen and oxygen atoms in total. The van der Waals surface area contributed by atoms with Gasteiger partial charge in [-0.05, 0) is 30.4 Å². The summed E-state index contributed by atoms with van der Waals surface area (Å²) in [4.78, 5) is 22.9. The highest BCUT2D eigenvalue weighted by molar-refractivity contribution is 7.80. The number of rotatable bonds is 7. The molecule has 2 N–H and O–H groups in total. The Morgan fingerprint density at radius 2 is 1.55 bits per heavy atom. The van der Waals surface area contributed by atoms with Crippen molar-refractivity contribution in [3.8, 4) is 23.0 Å². The van der Waals surface area contributed by atoms with Gasteiger partial charge in [0, 0.05) is 11.6 Å². The maximum atomic E-state index is 12.6. The summed E-state index contributed by atoms with van der Waals surface area (Å²) in [6.45, 7) is 0. The van der Waals surface area contributed by atoms with E-state index >= 15 is 0 Å². The molecule has 0 saturated carbocycles. The van der Waals surface area contributed by atoms with E-state index < -0.39 is 10.8 Å². The average Bonchev–Trinajstić information content (AvgIpc) is 2.72. The number of nitrogens with zero attached hydrogens (tertiary/aromatic N) is 1. The third-order valence-electron chi connectivity index (χ3n) is 3.80. The second-order valence-electron chi connectivity index (χ2n) is 5.46. The summed E-state index contributed by atoms with van der Waals surface area (Å²) in [7, 11) is 5.69. The molecule has 154 valence electrons. The second-order valence-corrected chi connectivity index (χ2v) is 5.87. The monoisotopic (exact) mass is 421 g/mol. The first-order chi connectivity index (χ1) is 13.8. The van der Waals surface area contributed by atoms with Crippen LogP contribution in [0, 0.1) is 10.1 Å². The van der Waals surface area contributed by atoms with Gasteiger partial charge < -0.3 is 24.3 Å². The summed E-state index contributed by atoms with van der Waals surface area (Å²) in [5.74, 6) is 0.648. The number of amides is 1. The van der Waals surface area contributed by atoms with Crippen LogP contribution in [0.15, 0.2) is 30.3 Å². The van der Waals surface area contributed by atoms with Crippen molar-refractivity contribution in [2.24, 2.45) is 0 Å². The number of methoxy groups -OCH3 is 4. The van der Waals surface area contributed by atoms with E-state index in [-0.39, 0.29) is 22.1 Å². The standard InChI is InChI=1S/C18H19N3O7S/c1-25-13-9-11(21(23)24)5-6-12(13)19-18(29)20-17(22)10-7-14(26-2)16(28-4)15(8-10)27-3/h5-9H,1-4H3,(H2,19,20,22,29). The average molecular weight is 421 g/mol. The zero-order valence-corrected chi connectivity index (χ0v) is 16.9. The fourth-order valence-electron chi connectivity index (χ4n) is 2.44. The summed E-state index contributed by atoms with van der Waals surface area (Å²) in [6.07, 6.45) is 0. The lowest BCUT2D eigenvalue weighted by atomic mass is 10.1. The number of nitro benzene ring substituents is 1. The molecule has 0 fully saturated rings. The highest BCUT2D eigenvalue weighted by Crippen LogP contribution is 2.38. The third-order valence-corrected chi connectivity index (χ3v) is 4.00. The van der Waals surface area contributed by atoms with Crippen molar-refractivity contribution in [1.29, 1.82) is 0 Å². The van der Waals surface area contributed by atoms with E-state index in [0.29, 0.717) is 22.9 Å². The van der Waals surface area contributed by atoms with E-state index in [1.54, 1.807) is 0 Å². The molecule has 11 heteroatoms. The van der Waals surface area contributed by atoms with Crippen LogP contribution in [0.2, 0.25) is 0 Å². The number of carbonyl (C=O) groups excluding carboxylic acids is 1. The normalized spacial score (nSPS) is 9.93. The first-order valence-electron chi connectivity index (χ1n) is 8.09. The van der Waals surface area contributed by atoms with Crippen LogP contribution < -0.4 is 29.6 Å². The molecule has 0 spiro atoms. The maximum absolute atomic E-state index is 12.6. The van der Waals surface area contributed by atoms with Crippen LogP contribution in [-0.4, -0.2) is 44.4 Å². The lowest BCUT2D eigenvalue weighted by Crippen LogP contribution is -2.34. The fraction of sp³-hybridized carbons (Fsp3) is 0.222. The Morgan fingerprint density at radius 3 is 2.03 bits per heavy atom. The van der Waals surface area contributed by atoms with E-state index in [2.05, 4.69) is 10.6 Å². The van der Waals surface area contributed by atoms with Gasteiger partial charge in [-0.3, -0.25) is 20.2 Å². The molecule has 0 aliphatic heterocycles. The number of hydrogen-bond donors (Lipinski definition) is 2. The highest BCUT2D eigenvalue weighted by atomic mass is 32.1. The number of benzene rings is 2. The summed E-state index contributed by atoms with van der Waals surface area (Å²) >= 11 is 5.16. The smallest absolute Gasteiger partial charge is 0.273 e. The molecule has 29 heavy (non-hydrogen) atoms. The predicted molar refractivity (Wildman–Crippen MR) is 109 cm³/mol. The number of non-ortho nitro benzene ring substituents is 1. The molecule has 0 aromatic heterocycles. The van der Waals surface area contributed by atoms with Gasteiger partial charge in [-0.1, -0.05) is 0 Å². The highest BCUT2D eigenvalue weighted by Gasteiger charge is 2.18. The Kier molecular flexibility index (Phi) is 7.15. The van der Waals surface area contributed by atoms with E-state index in [9.17, 15) is 14.9 Å². The Hall–Kier alpha value is -3.60. The fourth-order valence-corrected chi connectivity index (χ4v) is 2.64. The molecular formula is C18H19N3O7S. The number of hydrogen-bond acceptors (Lipinski definition) is 8. The van der Waals surface area contributed by atoms with Gasteiger partial charge in [0.15, 0.2) is 16.6 Å². The molecule has 0 radical (unpaired) electrons. The second kappa shape index (κ2) is 9.55. The molecule has 2 aromatic rings. The minimum Gasteiger partial charge on any atom is -0.494 e. The molecule has 0 aliphatic rings. The molecule has 0 bridgehead atoms. The molecule has 0 heterocycles. The zero-order chi connectivity index (χ0) is 21.6. The topological polar surface area (TPSA) is 121 Å². The van der Waals surface area contributed by atoms with Gasteiger partial charge in [-0.25, -0.2) is 0 Å². The van der Waals surface area contributed by atoms with Crippen molar-refractivity contribution < 1.29 is 28.7 Å². The third kappa shape index (κ3) is 5.02. The van der Waals surface area contributed by atoms with E-state index in [0.717, 1.165) is 0 Å². The minimum atomic E-state index is -0.545. The van der Waals surface area contributed by atoms with Crippen molar-refractivity contribution in [2.45, 2.75) is 0 Å². The Balaban J connectivity index is 2.19. The van der Waals surface area contributed by atoms with Crippen molar-refractivity contribution in [1.82, 2.24) is 5.32 Å². The number of nitrogens with one attached hydrogen (secondary N) is 2. The minimum absolute atomic E-state index is 0.0316. The Labute approximate surface area is 171 Å². The number of carbonyl (C=O) groups is 1. The van der Waals surface area contributed by atoms with Crippen molar-refractivity contribution >= 4 is 34.6 Å². The molecule has 0 saturated heterocycles. The molecule has 0 unspecified atom stereocenters. The van der Waals surface area contributed by atoms with Crippen LogP contribution in [0.1, 0.15) is 10.4 Å². The van der Waals surface area contributed by atoms with Gasteiger partial charge in [0.25, 0.3) is 11.6 Å². The summed E-state index contributed by atoms with van der Waals surface area (Å²) in [5, 5.41) is 16.1. The first-order valence-corrected chi connectivity index (χ1v) is 8.50. The van der Waals surface area contributed by atoms with Crippen molar-refractivity contribution in [3.63, 3.8) is 0 Å². The van der Waals surface area contributed by atoms with Crippen molar-refractivity contribution in [3.05, 3.63) is 46.0 Å². The van der Waals surface area contributed by atoms with Gasteiger partial charge in [-0.2, -0.15) is 0 Å². The van der Waals surface area contributed by atoms with Gasteiger partial charge in [0.2, 0.25) is 5.75 Å². The van der Waals surface area contributed by atoms with Gasteiger partial charge in [0.05, 0.1) is 45.1 Å². The summed E-state index contributed by atoms with van der Waals surface area (Å²) in [5.41, 5.74) is 0.437. The van der Waals surface area contributed by atoms with Crippen LogP contribution in [-0.2, 0) is 0 Å². The van der Waals surface area contributed by atoms with Crippen molar-refractivity contribution in [2.75, 3.05) is 33.8 Å².